The molecular formula is C22H26Cl2N4O4. The summed E-state index contributed by atoms with van der Waals surface area (Å²) >= 11 is 12.4. The number of halogens is 2. The number of carbonyl (C=O) groups is 1. The van der Waals surface area contributed by atoms with Crippen molar-refractivity contribution >= 4 is 29.2 Å². The zero-order valence-electron chi connectivity index (χ0n) is 18.1. The van der Waals surface area contributed by atoms with Crippen LogP contribution in [0.4, 0.5) is 0 Å². The maximum Gasteiger partial charge on any atom is 0.308 e. The van der Waals surface area contributed by atoms with E-state index in [1.165, 1.54) is 0 Å². The lowest BCUT2D eigenvalue weighted by atomic mass is 10.2. The van der Waals surface area contributed by atoms with Crippen molar-refractivity contribution in [3.63, 3.8) is 0 Å². The molecule has 10 heteroatoms. The van der Waals surface area contributed by atoms with Gasteiger partial charge in [0.1, 0.15) is 0 Å². The van der Waals surface area contributed by atoms with E-state index in [1.807, 2.05) is 23.7 Å². The predicted octanol–water partition coefficient (Wildman–Crippen LogP) is 4.40. The average Bonchev–Trinajstić information content (AvgIpc) is 3.27. The van der Waals surface area contributed by atoms with E-state index in [0.717, 1.165) is 17.7 Å². The maximum atomic E-state index is 11.0. The van der Waals surface area contributed by atoms with Crippen molar-refractivity contribution in [2.45, 2.75) is 39.2 Å². The fourth-order valence-corrected chi connectivity index (χ4v) is 3.67. The van der Waals surface area contributed by atoms with Crippen molar-refractivity contribution in [3.05, 3.63) is 57.3 Å². The molecule has 2 heterocycles. The van der Waals surface area contributed by atoms with Gasteiger partial charge in [-0.25, -0.2) is 0 Å². The Bertz CT molecular complexity index is 1060. The first-order chi connectivity index (χ1) is 15.4. The number of ether oxygens (including phenoxy) is 2. The molecule has 0 bridgehead atoms. The molecule has 8 nitrogen and oxygen atoms in total. The van der Waals surface area contributed by atoms with Gasteiger partial charge in [-0.05, 0) is 37.0 Å². The number of aliphatic carboxylic acids is 1. The van der Waals surface area contributed by atoms with E-state index in [2.05, 4.69) is 10.2 Å². The Labute approximate surface area is 196 Å². The van der Waals surface area contributed by atoms with E-state index in [9.17, 15) is 4.79 Å². The summed E-state index contributed by atoms with van der Waals surface area (Å²) < 4.78 is 14.9. The first-order valence-corrected chi connectivity index (χ1v) is 11.1. The number of hydrogen-bond donors (Lipinski definition) is 1. The lowest BCUT2D eigenvalue weighted by molar-refractivity contribution is -0.136. The van der Waals surface area contributed by atoms with Crippen molar-refractivity contribution in [2.75, 3.05) is 13.2 Å². The number of carboxylic acids is 1. The second kappa shape index (κ2) is 11.2. The first kappa shape index (κ1) is 23.9. The van der Waals surface area contributed by atoms with E-state index in [1.54, 1.807) is 30.1 Å². The first-order valence-electron chi connectivity index (χ1n) is 10.4. The molecule has 0 unspecified atom stereocenters. The Kier molecular flexibility index (Phi) is 8.41. The predicted molar refractivity (Wildman–Crippen MR) is 122 cm³/mol. The minimum atomic E-state index is -0.924. The Morgan fingerprint density at radius 2 is 1.94 bits per heavy atom. The lowest BCUT2D eigenvalue weighted by Gasteiger charge is -2.10. The molecule has 0 fully saturated rings. The molecule has 0 radical (unpaired) electrons. The number of hydrogen-bond acceptors (Lipinski definition) is 5. The van der Waals surface area contributed by atoms with Crippen LogP contribution in [0.1, 0.15) is 36.6 Å². The molecule has 32 heavy (non-hydrogen) atoms. The summed E-state index contributed by atoms with van der Waals surface area (Å²) in [6.07, 6.45) is 3.80. The van der Waals surface area contributed by atoms with Crippen LogP contribution < -0.4 is 9.47 Å². The molecule has 0 aliphatic carbocycles. The highest BCUT2D eigenvalue weighted by Gasteiger charge is 2.14. The SMILES string of the molecule is CCCOc1cc(CCCOc2nn(C)cc2CC(=O)O)n(Cc2ccc(Cl)cc2Cl)n1. The van der Waals surface area contributed by atoms with Crippen molar-refractivity contribution in [3.8, 4) is 11.8 Å². The van der Waals surface area contributed by atoms with Gasteiger partial charge in [0.25, 0.3) is 0 Å². The number of aromatic nitrogens is 4. The number of carboxylic acid groups (broad SMARTS) is 1. The summed E-state index contributed by atoms with van der Waals surface area (Å²) in [4.78, 5) is 11.0. The molecule has 172 valence electrons. The second-order valence-corrected chi connectivity index (χ2v) is 8.22. The van der Waals surface area contributed by atoms with Crippen LogP contribution >= 0.6 is 23.2 Å². The maximum absolute atomic E-state index is 11.0. The summed E-state index contributed by atoms with van der Waals surface area (Å²) in [5.41, 5.74) is 2.45. The third-order valence-corrected chi connectivity index (χ3v) is 5.24. The number of rotatable bonds is 12. The molecule has 2 aromatic heterocycles. The van der Waals surface area contributed by atoms with Gasteiger partial charge >= 0.3 is 5.97 Å². The van der Waals surface area contributed by atoms with Crippen LogP contribution in [0.3, 0.4) is 0 Å². The molecule has 0 atom stereocenters. The molecule has 1 N–H and O–H groups in total. The van der Waals surface area contributed by atoms with Crippen LogP contribution in [0.25, 0.3) is 0 Å². The number of nitrogens with zero attached hydrogens (tertiary/aromatic N) is 4. The normalized spacial score (nSPS) is 11.0. The minimum Gasteiger partial charge on any atom is -0.481 e. The van der Waals surface area contributed by atoms with Gasteiger partial charge in [-0.2, -0.15) is 0 Å². The van der Waals surface area contributed by atoms with Crippen LogP contribution in [0.5, 0.6) is 11.8 Å². The fraction of sp³-hybridized carbons (Fsp3) is 0.409. The zero-order valence-corrected chi connectivity index (χ0v) is 19.6. The van der Waals surface area contributed by atoms with Crippen LogP contribution in [-0.4, -0.2) is 43.9 Å². The largest absolute Gasteiger partial charge is 0.481 e. The van der Waals surface area contributed by atoms with Gasteiger partial charge in [0.2, 0.25) is 11.8 Å². The summed E-state index contributed by atoms with van der Waals surface area (Å²) in [5, 5.41) is 19.0. The Balaban J connectivity index is 1.66. The zero-order chi connectivity index (χ0) is 23.1. The van der Waals surface area contributed by atoms with E-state index < -0.39 is 5.97 Å². The topological polar surface area (TPSA) is 91.4 Å². The molecule has 0 amide bonds. The van der Waals surface area contributed by atoms with Gasteiger partial charge in [-0.15, -0.1) is 10.2 Å². The summed E-state index contributed by atoms with van der Waals surface area (Å²) in [6.45, 7) is 3.51. The van der Waals surface area contributed by atoms with Crippen LogP contribution in [-0.2, 0) is 31.2 Å². The molecule has 0 aliphatic heterocycles. The quantitative estimate of drug-likeness (QED) is 0.386. The van der Waals surface area contributed by atoms with Gasteiger partial charge in [0.05, 0.1) is 26.2 Å². The van der Waals surface area contributed by atoms with Crippen LogP contribution in [0, 0.1) is 0 Å². The Morgan fingerprint density at radius 1 is 1.12 bits per heavy atom. The van der Waals surface area contributed by atoms with E-state index in [4.69, 9.17) is 37.8 Å². The monoisotopic (exact) mass is 480 g/mol. The van der Waals surface area contributed by atoms with Crippen molar-refractivity contribution in [1.29, 1.82) is 0 Å². The van der Waals surface area contributed by atoms with Crippen molar-refractivity contribution in [1.82, 2.24) is 19.6 Å². The van der Waals surface area contributed by atoms with Gasteiger partial charge in [0, 0.05) is 40.6 Å². The molecule has 0 aliphatic rings. The van der Waals surface area contributed by atoms with E-state index >= 15 is 0 Å². The molecule has 0 saturated heterocycles. The average molecular weight is 481 g/mol. The highest BCUT2D eigenvalue weighted by atomic mass is 35.5. The summed E-state index contributed by atoms with van der Waals surface area (Å²) in [6, 6.07) is 7.33. The van der Waals surface area contributed by atoms with Crippen LogP contribution in [0.15, 0.2) is 30.5 Å². The smallest absolute Gasteiger partial charge is 0.308 e. The molecule has 3 rings (SSSR count). The summed E-state index contributed by atoms with van der Waals surface area (Å²) in [5.74, 6) is -0.00290. The molecule has 3 aromatic rings. The van der Waals surface area contributed by atoms with Gasteiger partial charge in [-0.3, -0.25) is 14.2 Å². The molecule has 0 saturated carbocycles. The van der Waals surface area contributed by atoms with Gasteiger partial charge < -0.3 is 14.6 Å². The second-order valence-electron chi connectivity index (χ2n) is 7.37. The standard InChI is InChI=1S/C22H26Cl2N4O4/c1-3-8-31-20-12-18(28(25-20)14-15-6-7-17(23)11-19(15)24)5-4-9-32-22-16(10-21(29)30)13-27(2)26-22/h6-7,11-13H,3-5,8-10,14H2,1-2H3,(H,29,30). The molecular weight excluding hydrogens is 455 g/mol. The molecule has 0 spiro atoms. The minimum absolute atomic E-state index is 0.129. The highest BCUT2D eigenvalue weighted by molar-refractivity contribution is 6.35. The van der Waals surface area contributed by atoms with Gasteiger partial charge in [0.15, 0.2) is 0 Å². The van der Waals surface area contributed by atoms with Crippen LogP contribution in [0.2, 0.25) is 10.0 Å². The Hall–Kier alpha value is -2.71. The number of aryl methyl sites for hydroxylation is 2. The number of benzene rings is 1. The third-order valence-electron chi connectivity index (χ3n) is 4.65. The van der Waals surface area contributed by atoms with Gasteiger partial charge in [-0.1, -0.05) is 36.2 Å². The van der Waals surface area contributed by atoms with E-state index in [-0.39, 0.29) is 6.42 Å². The fourth-order valence-electron chi connectivity index (χ4n) is 3.20. The highest BCUT2D eigenvalue weighted by Crippen LogP contribution is 2.24. The van der Waals surface area contributed by atoms with Crippen molar-refractivity contribution in [2.24, 2.45) is 7.05 Å². The molecule has 1 aromatic carbocycles. The lowest BCUT2D eigenvalue weighted by Crippen LogP contribution is -2.09. The third kappa shape index (κ3) is 6.64. The Morgan fingerprint density at radius 3 is 2.66 bits per heavy atom. The van der Waals surface area contributed by atoms with Crippen molar-refractivity contribution < 1.29 is 19.4 Å². The van der Waals surface area contributed by atoms with E-state index in [0.29, 0.717) is 60.0 Å². The summed E-state index contributed by atoms with van der Waals surface area (Å²) in [7, 11) is 1.73.